The first-order valence-corrected chi connectivity index (χ1v) is 10.0. The zero-order valence-electron chi connectivity index (χ0n) is 17.1. The predicted molar refractivity (Wildman–Crippen MR) is 113 cm³/mol. The fourth-order valence-corrected chi connectivity index (χ4v) is 3.50. The van der Waals surface area contributed by atoms with Gasteiger partial charge in [0.05, 0.1) is 18.2 Å². The quantitative estimate of drug-likeness (QED) is 0.559. The van der Waals surface area contributed by atoms with Crippen LogP contribution in [0.15, 0.2) is 54.6 Å². The van der Waals surface area contributed by atoms with Crippen LogP contribution in [0.1, 0.15) is 34.5 Å². The zero-order valence-corrected chi connectivity index (χ0v) is 17.1. The van der Waals surface area contributed by atoms with Crippen molar-refractivity contribution in [2.24, 2.45) is 0 Å². The van der Waals surface area contributed by atoms with Gasteiger partial charge in [0.15, 0.2) is 6.61 Å². The highest BCUT2D eigenvalue weighted by molar-refractivity contribution is 6.04. The summed E-state index contributed by atoms with van der Waals surface area (Å²) in [6, 6.07) is 17.0. The van der Waals surface area contributed by atoms with Crippen molar-refractivity contribution in [1.29, 1.82) is 0 Å². The van der Waals surface area contributed by atoms with Crippen LogP contribution in [0.5, 0.6) is 5.75 Å². The topological polar surface area (TPSA) is 68.7 Å². The molecule has 1 aromatic heterocycles. The van der Waals surface area contributed by atoms with Crippen LogP contribution in [0.4, 0.5) is 0 Å². The molecule has 3 aromatic rings. The number of nitrogens with zero attached hydrogens (tertiary/aromatic N) is 2. The Morgan fingerprint density at radius 3 is 2.53 bits per heavy atom. The number of pyridine rings is 1. The number of methoxy groups -OCH3 is 1. The second kappa shape index (κ2) is 8.53. The molecule has 0 unspecified atom stereocenters. The molecule has 6 heteroatoms. The van der Waals surface area contributed by atoms with Crippen molar-refractivity contribution in [3.8, 4) is 5.75 Å². The van der Waals surface area contributed by atoms with Gasteiger partial charge in [-0.15, -0.1) is 0 Å². The molecule has 154 valence electrons. The Morgan fingerprint density at radius 2 is 1.83 bits per heavy atom. The Balaban J connectivity index is 1.44. The van der Waals surface area contributed by atoms with Gasteiger partial charge >= 0.3 is 5.97 Å². The van der Waals surface area contributed by atoms with Gasteiger partial charge in [0.25, 0.3) is 5.91 Å². The number of aromatic nitrogens is 1. The lowest BCUT2D eigenvalue weighted by molar-refractivity contribution is -0.135. The first kappa shape index (κ1) is 19.9. The maximum Gasteiger partial charge on any atom is 0.339 e. The summed E-state index contributed by atoms with van der Waals surface area (Å²) in [6.45, 7) is 2.04. The number of carbonyl (C=O) groups is 2. The lowest BCUT2D eigenvalue weighted by Crippen LogP contribution is -2.36. The van der Waals surface area contributed by atoms with Gasteiger partial charge in [-0.25, -0.2) is 4.79 Å². The summed E-state index contributed by atoms with van der Waals surface area (Å²) in [7, 11) is 1.62. The zero-order chi connectivity index (χ0) is 21.1. The third kappa shape index (κ3) is 4.43. The van der Waals surface area contributed by atoms with E-state index in [1.165, 1.54) is 0 Å². The number of amides is 1. The molecule has 0 aliphatic heterocycles. The van der Waals surface area contributed by atoms with Crippen LogP contribution < -0.4 is 4.74 Å². The van der Waals surface area contributed by atoms with Crippen LogP contribution in [0.25, 0.3) is 10.9 Å². The number of ether oxygens (including phenoxy) is 2. The molecule has 2 aromatic carbocycles. The molecule has 6 nitrogen and oxygen atoms in total. The van der Waals surface area contributed by atoms with Crippen LogP contribution >= 0.6 is 0 Å². The maximum atomic E-state index is 12.8. The van der Waals surface area contributed by atoms with Gasteiger partial charge in [-0.2, -0.15) is 0 Å². The van der Waals surface area contributed by atoms with Gasteiger partial charge in [-0.1, -0.05) is 30.3 Å². The van der Waals surface area contributed by atoms with Crippen LogP contribution in [0, 0.1) is 6.92 Å². The largest absolute Gasteiger partial charge is 0.497 e. The Hall–Kier alpha value is -3.41. The minimum Gasteiger partial charge on any atom is -0.497 e. The van der Waals surface area contributed by atoms with Crippen LogP contribution in [-0.2, 0) is 16.1 Å². The highest BCUT2D eigenvalue weighted by Crippen LogP contribution is 2.29. The molecule has 0 radical (unpaired) electrons. The summed E-state index contributed by atoms with van der Waals surface area (Å²) in [6.07, 6.45) is 1.95. The van der Waals surface area contributed by atoms with E-state index in [4.69, 9.17) is 9.47 Å². The smallest absolute Gasteiger partial charge is 0.339 e. The number of hydrogen-bond acceptors (Lipinski definition) is 5. The molecule has 1 aliphatic rings. The standard InChI is InChI=1S/C24H24N2O4/c1-16-13-21(20-5-3-4-6-22(20)25-16)24(28)30-15-23(27)26(18-9-10-18)14-17-7-11-19(29-2)12-8-17/h3-8,11-13,18H,9-10,14-15H2,1-2H3. The molecule has 30 heavy (non-hydrogen) atoms. The van der Waals surface area contributed by atoms with E-state index >= 15 is 0 Å². The Labute approximate surface area is 175 Å². The molecule has 0 spiro atoms. The van der Waals surface area contributed by atoms with Crippen molar-refractivity contribution < 1.29 is 19.1 Å². The third-order valence-electron chi connectivity index (χ3n) is 5.21. The van der Waals surface area contributed by atoms with Crippen molar-refractivity contribution in [1.82, 2.24) is 9.88 Å². The van der Waals surface area contributed by atoms with Crippen LogP contribution in [0.3, 0.4) is 0 Å². The van der Waals surface area contributed by atoms with Gasteiger partial charge in [0.1, 0.15) is 5.75 Å². The molecular weight excluding hydrogens is 380 g/mol. The summed E-state index contributed by atoms with van der Waals surface area (Å²) in [5.74, 6) is 0.0823. The van der Waals surface area contributed by atoms with Crippen molar-refractivity contribution in [2.45, 2.75) is 32.4 Å². The molecule has 1 saturated carbocycles. The average molecular weight is 404 g/mol. The van der Waals surface area contributed by atoms with Crippen molar-refractivity contribution in [2.75, 3.05) is 13.7 Å². The second-order valence-corrected chi connectivity index (χ2v) is 7.51. The number of esters is 1. The molecule has 0 bridgehead atoms. The van der Waals surface area contributed by atoms with Crippen molar-refractivity contribution >= 4 is 22.8 Å². The first-order chi connectivity index (χ1) is 14.5. The number of rotatable bonds is 7. The highest BCUT2D eigenvalue weighted by atomic mass is 16.5. The van der Waals surface area contributed by atoms with Crippen LogP contribution in [-0.4, -0.2) is 41.5 Å². The lowest BCUT2D eigenvalue weighted by Gasteiger charge is -2.22. The highest BCUT2D eigenvalue weighted by Gasteiger charge is 2.33. The van der Waals surface area contributed by atoms with E-state index in [1.54, 1.807) is 18.1 Å². The summed E-state index contributed by atoms with van der Waals surface area (Å²) in [4.78, 5) is 31.8. The maximum absolute atomic E-state index is 12.8. The second-order valence-electron chi connectivity index (χ2n) is 7.51. The number of benzene rings is 2. The molecule has 1 heterocycles. The van der Waals surface area contributed by atoms with Gasteiger partial charge < -0.3 is 14.4 Å². The van der Waals surface area contributed by atoms with Gasteiger partial charge in [0, 0.05) is 23.7 Å². The van der Waals surface area contributed by atoms with Gasteiger partial charge in [0.2, 0.25) is 0 Å². The van der Waals surface area contributed by atoms with E-state index in [9.17, 15) is 9.59 Å². The lowest BCUT2D eigenvalue weighted by atomic mass is 10.1. The van der Waals surface area contributed by atoms with E-state index in [2.05, 4.69) is 4.98 Å². The molecule has 4 rings (SSSR count). The molecule has 1 fully saturated rings. The third-order valence-corrected chi connectivity index (χ3v) is 5.21. The number of fused-ring (bicyclic) bond motifs is 1. The fraction of sp³-hybridized carbons (Fsp3) is 0.292. The molecule has 0 atom stereocenters. The minimum atomic E-state index is -0.509. The Bertz CT molecular complexity index is 1070. The fourth-order valence-electron chi connectivity index (χ4n) is 3.50. The Kier molecular flexibility index (Phi) is 5.65. The van der Waals surface area contributed by atoms with E-state index in [1.807, 2.05) is 55.5 Å². The van der Waals surface area contributed by atoms with Crippen molar-refractivity contribution in [3.63, 3.8) is 0 Å². The summed E-state index contributed by atoms with van der Waals surface area (Å²) in [5.41, 5.74) is 2.90. The average Bonchev–Trinajstić information content (AvgIpc) is 3.60. The van der Waals surface area contributed by atoms with Gasteiger partial charge in [-0.05, 0) is 49.6 Å². The molecular formula is C24H24N2O4. The monoisotopic (exact) mass is 404 g/mol. The van der Waals surface area contributed by atoms with Gasteiger partial charge in [-0.3, -0.25) is 9.78 Å². The SMILES string of the molecule is COc1ccc(CN(C(=O)COC(=O)c2cc(C)nc3ccccc23)C2CC2)cc1. The van der Waals surface area contributed by atoms with E-state index in [-0.39, 0.29) is 18.6 Å². The minimum absolute atomic E-state index is 0.184. The number of hydrogen-bond donors (Lipinski definition) is 0. The molecule has 1 amide bonds. The number of carbonyl (C=O) groups excluding carboxylic acids is 2. The van der Waals surface area contributed by atoms with E-state index in [0.29, 0.717) is 12.1 Å². The van der Waals surface area contributed by atoms with E-state index in [0.717, 1.165) is 40.8 Å². The molecule has 0 saturated heterocycles. The number of para-hydroxylation sites is 1. The molecule has 1 aliphatic carbocycles. The van der Waals surface area contributed by atoms with Crippen LogP contribution in [0.2, 0.25) is 0 Å². The normalized spacial score (nSPS) is 13.1. The molecule has 0 N–H and O–H groups in total. The van der Waals surface area contributed by atoms with E-state index < -0.39 is 5.97 Å². The first-order valence-electron chi connectivity index (χ1n) is 10.0. The predicted octanol–water partition coefficient (Wildman–Crippen LogP) is 3.90. The summed E-state index contributed by atoms with van der Waals surface area (Å²) < 4.78 is 10.6. The Morgan fingerprint density at radius 1 is 1.10 bits per heavy atom. The summed E-state index contributed by atoms with van der Waals surface area (Å²) >= 11 is 0. The summed E-state index contributed by atoms with van der Waals surface area (Å²) in [5, 5.41) is 0.720. The number of aryl methyl sites for hydroxylation is 1. The van der Waals surface area contributed by atoms with Crippen molar-refractivity contribution in [3.05, 3.63) is 71.4 Å².